The third-order valence-electron chi connectivity index (χ3n) is 4.90. The highest BCUT2D eigenvalue weighted by molar-refractivity contribution is 6.09. The fourth-order valence-electron chi connectivity index (χ4n) is 3.61. The molecule has 0 spiro atoms. The van der Waals surface area contributed by atoms with Crippen molar-refractivity contribution in [1.82, 2.24) is 15.0 Å². The number of pyridine rings is 1. The first kappa shape index (κ1) is 15.1. The van der Waals surface area contributed by atoms with Gasteiger partial charge in [-0.25, -0.2) is 15.0 Å². The second-order valence-electron chi connectivity index (χ2n) is 6.55. The van der Waals surface area contributed by atoms with Crippen molar-refractivity contribution < 1.29 is 8.83 Å². The number of furan rings is 2. The van der Waals surface area contributed by atoms with Gasteiger partial charge in [-0.3, -0.25) is 0 Å². The smallest absolute Gasteiger partial charge is 0.227 e. The first-order valence-corrected chi connectivity index (χ1v) is 8.95. The summed E-state index contributed by atoms with van der Waals surface area (Å²) in [6.07, 6.45) is 3.29. The van der Waals surface area contributed by atoms with Crippen molar-refractivity contribution in [2.75, 3.05) is 0 Å². The van der Waals surface area contributed by atoms with Crippen LogP contribution in [-0.4, -0.2) is 15.0 Å². The molecule has 0 aliphatic heterocycles. The van der Waals surface area contributed by atoms with Crippen LogP contribution >= 0.6 is 0 Å². The van der Waals surface area contributed by atoms with E-state index in [-0.39, 0.29) is 0 Å². The molecule has 0 N–H and O–H groups in total. The third kappa shape index (κ3) is 2.16. The second-order valence-corrected chi connectivity index (χ2v) is 6.55. The molecule has 5 nitrogen and oxygen atoms in total. The van der Waals surface area contributed by atoms with E-state index >= 15 is 0 Å². The maximum absolute atomic E-state index is 6.18. The fraction of sp³-hybridized carbons (Fsp3) is 0. The summed E-state index contributed by atoms with van der Waals surface area (Å²) in [5.74, 6) is 0.760. The Morgan fingerprint density at radius 2 is 1.57 bits per heavy atom. The molecule has 0 bridgehead atoms. The maximum atomic E-state index is 6.18. The minimum absolute atomic E-state index is 0.611. The van der Waals surface area contributed by atoms with Crippen LogP contribution in [-0.2, 0) is 0 Å². The molecular formula is C23H13N3O2. The molecule has 0 unspecified atom stereocenters. The Kier molecular flexibility index (Phi) is 3.10. The van der Waals surface area contributed by atoms with Gasteiger partial charge in [0.1, 0.15) is 28.9 Å². The van der Waals surface area contributed by atoms with E-state index in [0.717, 1.165) is 38.8 Å². The molecule has 0 radical (unpaired) electrons. The van der Waals surface area contributed by atoms with Gasteiger partial charge in [0.05, 0.1) is 0 Å². The number of para-hydroxylation sites is 1. The van der Waals surface area contributed by atoms with Crippen molar-refractivity contribution in [3.8, 4) is 22.6 Å². The predicted molar refractivity (Wildman–Crippen MR) is 108 cm³/mol. The zero-order valence-corrected chi connectivity index (χ0v) is 14.7. The lowest BCUT2D eigenvalue weighted by atomic mass is 10.1. The molecular weight excluding hydrogens is 350 g/mol. The molecule has 0 fully saturated rings. The molecule has 0 saturated carbocycles. The molecule has 2 aromatic carbocycles. The molecule has 0 aliphatic rings. The highest BCUT2D eigenvalue weighted by Gasteiger charge is 2.18. The first-order valence-electron chi connectivity index (χ1n) is 8.95. The molecule has 4 aromatic heterocycles. The monoisotopic (exact) mass is 363 g/mol. The number of benzene rings is 2. The number of rotatable bonds is 2. The van der Waals surface area contributed by atoms with Crippen LogP contribution in [0, 0.1) is 0 Å². The van der Waals surface area contributed by atoms with Gasteiger partial charge in [-0.1, -0.05) is 42.5 Å². The van der Waals surface area contributed by atoms with E-state index in [9.17, 15) is 0 Å². The molecule has 0 saturated heterocycles. The average molecular weight is 363 g/mol. The Morgan fingerprint density at radius 3 is 2.50 bits per heavy atom. The lowest BCUT2D eigenvalue weighted by Crippen LogP contribution is -1.86. The lowest BCUT2D eigenvalue weighted by molar-refractivity contribution is 0.629. The Bertz CT molecular complexity index is 1470. The SMILES string of the molecule is c1ccc(-c2cc3ncnc(-c4cccc5c4oc4ncccc45)c3o2)cc1. The molecule has 4 heterocycles. The molecule has 0 atom stereocenters. The summed E-state index contributed by atoms with van der Waals surface area (Å²) >= 11 is 0. The molecule has 6 aromatic rings. The van der Waals surface area contributed by atoms with E-state index < -0.39 is 0 Å². The number of hydrogen-bond donors (Lipinski definition) is 0. The van der Waals surface area contributed by atoms with Crippen LogP contribution < -0.4 is 0 Å². The maximum Gasteiger partial charge on any atom is 0.227 e. The zero-order valence-electron chi connectivity index (χ0n) is 14.7. The Labute approximate surface area is 159 Å². The van der Waals surface area contributed by atoms with Crippen LogP contribution in [0.4, 0.5) is 0 Å². The second kappa shape index (κ2) is 5.76. The highest BCUT2D eigenvalue weighted by atomic mass is 16.3. The summed E-state index contributed by atoms with van der Waals surface area (Å²) in [5, 5.41) is 1.98. The van der Waals surface area contributed by atoms with Gasteiger partial charge < -0.3 is 8.83 Å². The highest BCUT2D eigenvalue weighted by Crippen LogP contribution is 2.38. The van der Waals surface area contributed by atoms with Gasteiger partial charge in [0, 0.05) is 34.2 Å². The van der Waals surface area contributed by atoms with Crippen molar-refractivity contribution >= 4 is 33.2 Å². The quantitative estimate of drug-likeness (QED) is 0.386. The summed E-state index contributed by atoms with van der Waals surface area (Å²) in [6, 6.07) is 21.8. The van der Waals surface area contributed by atoms with Gasteiger partial charge in [0.25, 0.3) is 0 Å². The Hall–Kier alpha value is -3.99. The van der Waals surface area contributed by atoms with E-state index in [0.29, 0.717) is 17.0 Å². The Morgan fingerprint density at radius 1 is 0.679 bits per heavy atom. The zero-order chi connectivity index (χ0) is 18.5. The van der Waals surface area contributed by atoms with Crippen LogP contribution in [0.25, 0.3) is 55.7 Å². The van der Waals surface area contributed by atoms with Crippen molar-refractivity contribution in [2.45, 2.75) is 0 Å². The van der Waals surface area contributed by atoms with Crippen LogP contribution in [0.1, 0.15) is 0 Å². The summed E-state index contributed by atoms with van der Waals surface area (Å²) in [7, 11) is 0. The number of hydrogen-bond acceptors (Lipinski definition) is 5. The van der Waals surface area contributed by atoms with E-state index in [2.05, 4.69) is 15.0 Å². The topological polar surface area (TPSA) is 65.0 Å². The molecule has 5 heteroatoms. The van der Waals surface area contributed by atoms with Gasteiger partial charge in [0.2, 0.25) is 5.71 Å². The van der Waals surface area contributed by atoms with Crippen LogP contribution in [0.2, 0.25) is 0 Å². The summed E-state index contributed by atoms with van der Waals surface area (Å²) in [5.41, 5.74) is 5.32. The van der Waals surface area contributed by atoms with E-state index in [4.69, 9.17) is 8.83 Å². The van der Waals surface area contributed by atoms with E-state index in [1.165, 1.54) is 0 Å². The van der Waals surface area contributed by atoms with Gasteiger partial charge in [-0.05, 0) is 18.2 Å². The average Bonchev–Trinajstić information content (AvgIpc) is 3.36. The summed E-state index contributed by atoms with van der Waals surface area (Å²) in [4.78, 5) is 13.2. The van der Waals surface area contributed by atoms with Crippen LogP contribution in [0.5, 0.6) is 0 Å². The summed E-state index contributed by atoms with van der Waals surface area (Å²) < 4.78 is 12.2. The predicted octanol–water partition coefficient (Wildman–Crippen LogP) is 5.85. The number of fused-ring (bicyclic) bond motifs is 4. The van der Waals surface area contributed by atoms with E-state index in [1.54, 1.807) is 12.5 Å². The standard InChI is InChI=1S/C23H13N3O2/c1-2-6-14(7-3-1)19-12-18-22(27-19)20(26-13-25-18)17-9-4-8-15-16-10-5-11-24-23(16)28-21(15)17/h1-13H. The van der Waals surface area contributed by atoms with Crippen molar-refractivity contribution in [2.24, 2.45) is 0 Å². The molecule has 28 heavy (non-hydrogen) atoms. The molecule has 6 rings (SSSR count). The third-order valence-corrected chi connectivity index (χ3v) is 4.90. The first-order chi connectivity index (χ1) is 13.9. The van der Waals surface area contributed by atoms with Gasteiger partial charge in [0.15, 0.2) is 5.58 Å². The minimum Gasteiger partial charge on any atom is -0.452 e. The normalized spacial score (nSPS) is 11.6. The lowest BCUT2D eigenvalue weighted by Gasteiger charge is -2.02. The fourth-order valence-corrected chi connectivity index (χ4v) is 3.61. The Balaban J connectivity index is 1.64. The molecule has 0 aliphatic carbocycles. The van der Waals surface area contributed by atoms with Gasteiger partial charge >= 0.3 is 0 Å². The molecule has 132 valence electrons. The minimum atomic E-state index is 0.611. The van der Waals surface area contributed by atoms with Crippen molar-refractivity contribution in [3.63, 3.8) is 0 Å². The van der Waals surface area contributed by atoms with Gasteiger partial charge in [-0.2, -0.15) is 0 Å². The van der Waals surface area contributed by atoms with Gasteiger partial charge in [-0.15, -0.1) is 0 Å². The number of nitrogens with zero attached hydrogens (tertiary/aromatic N) is 3. The molecule has 0 amide bonds. The summed E-state index contributed by atoms with van der Waals surface area (Å²) in [6.45, 7) is 0. The van der Waals surface area contributed by atoms with Crippen molar-refractivity contribution in [3.05, 3.63) is 79.3 Å². The number of aromatic nitrogens is 3. The van der Waals surface area contributed by atoms with E-state index in [1.807, 2.05) is 66.7 Å². The van der Waals surface area contributed by atoms with Crippen LogP contribution in [0.3, 0.4) is 0 Å². The van der Waals surface area contributed by atoms with Crippen molar-refractivity contribution in [1.29, 1.82) is 0 Å². The largest absolute Gasteiger partial charge is 0.452 e. The van der Waals surface area contributed by atoms with Crippen LogP contribution in [0.15, 0.2) is 88.1 Å².